The van der Waals surface area contributed by atoms with E-state index in [0.717, 1.165) is 23.4 Å². The van der Waals surface area contributed by atoms with Gasteiger partial charge in [-0.15, -0.1) is 11.3 Å². The fraction of sp³-hybridized carbons (Fsp3) is 0.429. The minimum atomic E-state index is -0.285. The number of likely N-dealkylation sites (tertiary alicyclic amines) is 1. The van der Waals surface area contributed by atoms with Crippen molar-refractivity contribution in [2.75, 3.05) is 25.5 Å². The summed E-state index contributed by atoms with van der Waals surface area (Å²) in [7, 11) is 1.39. The van der Waals surface area contributed by atoms with Crippen molar-refractivity contribution in [3.05, 3.63) is 45.4 Å². The van der Waals surface area contributed by atoms with Gasteiger partial charge in [0.1, 0.15) is 0 Å². The molecule has 1 aromatic heterocycles. The summed E-state index contributed by atoms with van der Waals surface area (Å²) in [5, 5.41) is 3.89. The lowest BCUT2D eigenvalue weighted by Crippen LogP contribution is -2.42. The van der Waals surface area contributed by atoms with Gasteiger partial charge in [0.25, 0.3) is 5.91 Å². The Morgan fingerprint density at radius 1 is 1.17 bits per heavy atom. The van der Waals surface area contributed by atoms with E-state index < -0.39 is 0 Å². The number of esters is 1. The topological polar surface area (TPSA) is 88.6 Å². The second kappa shape index (κ2) is 8.73. The Bertz CT molecular complexity index is 967. The first-order chi connectivity index (χ1) is 14.5. The Kier molecular flexibility index (Phi) is 6.06. The third-order valence-electron chi connectivity index (χ3n) is 5.68. The van der Waals surface area contributed by atoms with Crippen LogP contribution in [0.4, 0.5) is 5.13 Å². The lowest BCUT2D eigenvalue weighted by Gasteiger charge is -2.32. The number of hydrogen-bond donors (Lipinski definition) is 1. The molecule has 9 heteroatoms. The molecule has 2 heterocycles. The number of anilines is 1. The van der Waals surface area contributed by atoms with Crippen LogP contribution in [0, 0.1) is 5.92 Å². The van der Waals surface area contributed by atoms with Gasteiger partial charge in [-0.2, -0.15) is 0 Å². The van der Waals surface area contributed by atoms with E-state index in [1.165, 1.54) is 18.4 Å². The van der Waals surface area contributed by atoms with Crippen LogP contribution in [-0.4, -0.2) is 47.9 Å². The maximum atomic E-state index is 13.1. The van der Waals surface area contributed by atoms with Gasteiger partial charge in [-0.05, 0) is 49.9 Å². The van der Waals surface area contributed by atoms with Gasteiger partial charge < -0.3 is 9.64 Å². The van der Waals surface area contributed by atoms with E-state index >= 15 is 0 Å². The largest absolute Gasteiger partial charge is 0.469 e. The van der Waals surface area contributed by atoms with Crippen LogP contribution in [-0.2, 0) is 20.7 Å². The number of thiazole rings is 1. The number of halogens is 1. The van der Waals surface area contributed by atoms with Gasteiger partial charge in [-0.25, -0.2) is 4.98 Å². The number of carbonyl (C=O) groups is 3. The lowest BCUT2D eigenvalue weighted by molar-refractivity contribution is -0.149. The normalized spacial score (nSPS) is 18.7. The van der Waals surface area contributed by atoms with Crippen LogP contribution >= 0.6 is 22.9 Å². The molecule has 2 aliphatic rings. The van der Waals surface area contributed by atoms with Crippen molar-refractivity contribution in [1.82, 2.24) is 9.88 Å². The molecule has 0 radical (unpaired) electrons. The predicted octanol–water partition coefficient (Wildman–Crippen LogP) is 3.49. The maximum absolute atomic E-state index is 13.1. The molecular weight excluding hydrogens is 426 g/mol. The van der Waals surface area contributed by atoms with Crippen LogP contribution in [0.15, 0.2) is 24.3 Å². The van der Waals surface area contributed by atoms with Gasteiger partial charge in [0.15, 0.2) is 5.13 Å². The highest BCUT2D eigenvalue weighted by atomic mass is 35.5. The molecule has 4 rings (SSSR count). The molecule has 0 spiro atoms. The summed E-state index contributed by atoms with van der Waals surface area (Å²) in [6.07, 6.45) is 2.75. The maximum Gasteiger partial charge on any atom is 0.308 e. The van der Waals surface area contributed by atoms with Gasteiger partial charge in [0.05, 0.1) is 24.6 Å². The summed E-state index contributed by atoms with van der Waals surface area (Å²) in [5.41, 5.74) is 1.27. The van der Waals surface area contributed by atoms with Crippen molar-refractivity contribution in [3.63, 3.8) is 0 Å². The monoisotopic (exact) mass is 447 g/mol. The first kappa shape index (κ1) is 20.8. The highest BCUT2D eigenvalue weighted by Gasteiger charge is 2.37. The number of aromatic nitrogens is 1. The fourth-order valence-corrected chi connectivity index (χ4v) is 5.17. The number of rotatable bonds is 4. The van der Waals surface area contributed by atoms with Crippen LogP contribution in [0.2, 0.25) is 5.02 Å². The second-order valence-corrected chi connectivity index (χ2v) is 9.02. The number of amides is 2. The minimum Gasteiger partial charge on any atom is -0.469 e. The third kappa shape index (κ3) is 4.20. The van der Waals surface area contributed by atoms with Crippen LogP contribution in [0.1, 0.15) is 46.1 Å². The summed E-state index contributed by atoms with van der Waals surface area (Å²) >= 11 is 7.29. The van der Waals surface area contributed by atoms with E-state index in [-0.39, 0.29) is 29.6 Å². The average molecular weight is 448 g/mol. The van der Waals surface area contributed by atoms with Crippen LogP contribution in [0.3, 0.4) is 0 Å². The number of ether oxygens (including phenoxy) is 1. The van der Waals surface area contributed by atoms with E-state index in [9.17, 15) is 14.4 Å². The highest BCUT2D eigenvalue weighted by molar-refractivity contribution is 7.16. The molecule has 7 nitrogen and oxygen atoms in total. The van der Waals surface area contributed by atoms with Crippen molar-refractivity contribution < 1.29 is 19.1 Å². The van der Waals surface area contributed by atoms with E-state index in [1.807, 2.05) is 4.90 Å². The van der Waals surface area contributed by atoms with Crippen molar-refractivity contribution in [1.29, 1.82) is 0 Å². The van der Waals surface area contributed by atoms with Gasteiger partial charge in [-0.1, -0.05) is 11.6 Å². The standard InChI is InChI=1S/C21H22ClN3O4S/c1-29-20(28)13-8-10-25(11-9-13)19(27)15-6-7-16-17(15)23-21(30-16)24-18(26)12-2-4-14(22)5-3-12/h2-5,13,15H,6-11H2,1H3,(H,23,24,26). The van der Waals surface area contributed by atoms with Crippen molar-refractivity contribution in [3.8, 4) is 0 Å². The number of fused-ring (bicyclic) bond motifs is 1. The molecule has 1 saturated heterocycles. The van der Waals surface area contributed by atoms with E-state index in [2.05, 4.69) is 10.3 Å². The minimum absolute atomic E-state index is 0.0537. The average Bonchev–Trinajstić information content (AvgIpc) is 3.33. The van der Waals surface area contributed by atoms with Crippen molar-refractivity contribution in [2.45, 2.75) is 31.6 Å². The van der Waals surface area contributed by atoms with Crippen molar-refractivity contribution in [2.24, 2.45) is 5.92 Å². The van der Waals surface area contributed by atoms with Crippen LogP contribution in [0.25, 0.3) is 0 Å². The zero-order valence-corrected chi connectivity index (χ0v) is 18.1. The summed E-state index contributed by atoms with van der Waals surface area (Å²) in [5.74, 6) is -0.824. The summed E-state index contributed by atoms with van der Waals surface area (Å²) in [6, 6.07) is 6.64. The number of nitrogens with zero attached hydrogens (tertiary/aromatic N) is 2. The van der Waals surface area contributed by atoms with Gasteiger partial charge in [-0.3, -0.25) is 19.7 Å². The van der Waals surface area contributed by atoms with Crippen molar-refractivity contribution >= 4 is 45.9 Å². The number of piperidine rings is 1. The number of nitrogens with one attached hydrogen (secondary N) is 1. The molecule has 2 amide bonds. The van der Waals surface area contributed by atoms with Gasteiger partial charge in [0.2, 0.25) is 5.91 Å². The molecule has 1 unspecified atom stereocenters. The molecule has 1 atom stereocenters. The summed E-state index contributed by atoms with van der Waals surface area (Å²) < 4.78 is 4.81. The Balaban J connectivity index is 1.40. The molecule has 1 aliphatic carbocycles. The Morgan fingerprint density at radius 2 is 1.87 bits per heavy atom. The van der Waals surface area contributed by atoms with E-state index in [0.29, 0.717) is 41.6 Å². The highest BCUT2D eigenvalue weighted by Crippen LogP contribution is 2.40. The molecule has 1 N–H and O–H groups in total. The quantitative estimate of drug-likeness (QED) is 0.725. The fourth-order valence-electron chi connectivity index (χ4n) is 4.01. The lowest BCUT2D eigenvalue weighted by atomic mass is 9.95. The molecule has 1 fully saturated rings. The Morgan fingerprint density at radius 3 is 2.53 bits per heavy atom. The molecule has 0 bridgehead atoms. The smallest absolute Gasteiger partial charge is 0.308 e. The molecule has 30 heavy (non-hydrogen) atoms. The van der Waals surface area contributed by atoms with Crippen LogP contribution in [0.5, 0.6) is 0 Å². The Labute approximate surface area is 183 Å². The van der Waals surface area contributed by atoms with Crippen LogP contribution < -0.4 is 5.32 Å². The van der Waals surface area contributed by atoms with Gasteiger partial charge >= 0.3 is 5.97 Å². The van der Waals surface area contributed by atoms with Gasteiger partial charge in [0, 0.05) is 28.6 Å². The SMILES string of the molecule is COC(=O)C1CCN(C(=O)C2CCc3sc(NC(=O)c4ccc(Cl)cc4)nc32)CC1. The number of hydrogen-bond acceptors (Lipinski definition) is 6. The number of benzene rings is 1. The molecular formula is C21H22ClN3O4S. The summed E-state index contributed by atoms with van der Waals surface area (Å²) in [6.45, 7) is 1.10. The Hall–Kier alpha value is -2.45. The molecule has 158 valence electrons. The molecule has 1 aliphatic heterocycles. The molecule has 2 aromatic rings. The number of aryl methyl sites for hydroxylation is 1. The predicted molar refractivity (Wildman–Crippen MR) is 114 cm³/mol. The molecule has 0 saturated carbocycles. The van der Waals surface area contributed by atoms with E-state index in [4.69, 9.17) is 16.3 Å². The number of carbonyl (C=O) groups excluding carboxylic acids is 3. The first-order valence-corrected chi connectivity index (χ1v) is 11.1. The molecule has 1 aromatic carbocycles. The first-order valence-electron chi connectivity index (χ1n) is 9.89. The zero-order valence-electron chi connectivity index (χ0n) is 16.5. The number of methoxy groups -OCH3 is 1. The zero-order chi connectivity index (χ0) is 21.3. The summed E-state index contributed by atoms with van der Waals surface area (Å²) in [4.78, 5) is 44.6. The third-order valence-corrected chi connectivity index (χ3v) is 6.98. The van der Waals surface area contributed by atoms with E-state index in [1.54, 1.807) is 24.3 Å². The second-order valence-electron chi connectivity index (χ2n) is 7.50.